The molecule has 0 bridgehead atoms. The molecule has 0 heterocycles. The van der Waals surface area contributed by atoms with Gasteiger partial charge in [-0.25, -0.2) is 4.79 Å². The van der Waals surface area contributed by atoms with E-state index in [1.165, 1.54) is 4.90 Å². The molecule has 3 amide bonds. The molecule has 33 heavy (non-hydrogen) atoms. The van der Waals surface area contributed by atoms with Gasteiger partial charge in [0.1, 0.15) is 17.7 Å². The first-order chi connectivity index (χ1) is 15.4. The SMILES string of the molecule is CCCCNC(=O)C(c1cc(C)ccc1C)N(CCC)C(=O)C(CO)NC(=O)OC(C)(C)C. The fraction of sp³-hybridized carbons (Fsp3) is 0.640. The lowest BCUT2D eigenvalue weighted by atomic mass is 9.96. The van der Waals surface area contributed by atoms with Gasteiger partial charge in [-0.05, 0) is 58.6 Å². The van der Waals surface area contributed by atoms with E-state index in [4.69, 9.17) is 4.74 Å². The van der Waals surface area contributed by atoms with E-state index in [2.05, 4.69) is 10.6 Å². The Balaban J connectivity index is 3.35. The first-order valence-corrected chi connectivity index (χ1v) is 11.7. The third-order valence-corrected chi connectivity index (χ3v) is 5.04. The smallest absolute Gasteiger partial charge is 0.408 e. The molecule has 8 heteroatoms. The Morgan fingerprint density at radius 1 is 1.12 bits per heavy atom. The van der Waals surface area contributed by atoms with Crippen LogP contribution in [0.3, 0.4) is 0 Å². The van der Waals surface area contributed by atoms with Gasteiger partial charge >= 0.3 is 6.09 Å². The van der Waals surface area contributed by atoms with Crippen molar-refractivity contribution in [1.29, 1.82) is 0 Å². The van der Waals surface area contributed by atoms with E-state index in [0.29, 0.717) is 13.0 Å². The van der Waals surface area contributed by atoms with Crippen LogP contribution in [-0.2, 0) is 14.3 Å². The van der Waals surface area contributed by atoms with Crippen molar-refractivity contribution in [3.63, 3.8) is 0 Å². The van der Waals surface area contributed by atoms with Crippen molar-refractivity contribution >= 4 is 17.9 Å². The van der Waals surface area contributed by atoms with Gasteiger partial charge in [0, 0.05) is 13.1 Å². The summed E-state index contributed by atoms with van der Waals surface area (Å²) < 4.78 is 5.24. The average molecular weight is 464 g/mol. The number of hydrogen-bond acceptors (Lipinski definition) is 5. The van der Waals surface area contributed by atoms with Crippen LogP contribution in [0.4, 0.5) is 4.79 Å². The van der Waals surface area contributed by atoms with Crippen molar-refractivity contribution < 1.29 is 24.2 Å². The van der Waals surface area contributed by atoms with Gasteiger partial charge in [0.05, 0.1) is 6.61 Å². The topological polar surface area (TPSA) is 108 Å². The molecule has 0 aromatic heterocycles. The van der Waals surface area contributed by atoms with Crippen molar-refractivity contribution in [2.75, 3.05) is 19.7 Å². The van der Waals surface area contributed by atoms with Crippen molar-refractivity contribution in [3.05, 3.63) is 34.9 Å². The van der Waals surface area contributed by atoms with Crippen LogP contribution >= 0.6 is 0 Å². The molecular formula is C25H41N3O5. The predicted molar refractivity (Wildman–Crippen MR) is 129 cm³/mol. The minimum atomic E-state index is -1.23. The third kappa shape index (κ3) is 9.04. The van der Waals surface area contributed by atoms with E-state index in [9.17, 15) is 19.5 Å². The molecule has 186 valence electrons. The number of aliphatic hydroxyl groups excluding tert-OH is 1. The highest BCUT2D eigenvalue weighted by atomic mass is 16.6. The lowest BCUT2D eigenvalue weighted by molar-refractivity contribution is -0.143. The number of ether oxygens (including phenoxy) is 1. The van der Waals surface area contributed by atoms with Gasteiger partial charge in [0.15, 0.2) is 0 Å². The summed E-state index contributed by atoms with van der Waals surface area (Å²) >= 11 is 0. The zero-order chi connectivity index (χ0) is 25.2. The summed E-state index contributed by atoms with van der Waals surface area (Å²) in [4.78, 5) is 40.6. The Kier molecular flexibility index (Phi) is 11.4. The maximum Gasteiger partial charge on any atom is 0.408 e. The minimum Gasteiger partial charge on any atom is -0.444 e. The molecule has 1 aromatic carbocycles. The van der Waals surface area contributed by atoms with Crippen LogP contribution in [0.15, 0.2) is 18.2 Å². The fourth-order valence-electron chi connectivity index (χ4n) is 3.43. The van der Waals surface area contributed by atoms with Gasteiger partial charge < -0.3 is 25.4 Å². The van der Waals surface area contributed by atoms with Crippen LogP contribution in [0.2, 0.25) is 0 Å². The molecule has 1 aromatic rings. The number of carbonyl (C=O) groups is 3. The molecular weight excluding hydrogens is 422 g/mol. The van der Waals surface area contributed by atoms with E-state index in [1.54, 1.807) is 20.8 Å². The first-order valence-electron chi connectivity index (χ1n) is 11.7. The average Bonchev–Trinajstić information content (AvgIpc) is 2.72. The van der Waals surface area contributed by atoms with Crippen molar-refractivity contribution in [2.45, 2.75) is 85.4 Å². The monoisotopic (exact) mass is 463 g/mol. The number of unbranched alkanes of at least 4 members (excludes halogenated alkanes) is 1. The van der Waals surface area contributed by atoms with Crippen LogP contribution in [0.25, 0.3) is 0 Å². The normalized spacial score (nSPS) is 13.1. The maximum absolute atomic E-state index is 13.5. The van der Waals surface area contributed by atoms with E-state index in [-0.39, 0.29) is 12.5 Å². The molecule has 1 rings (SSSR count). The highest BCUT2D eigenvalue weighted by molar-refractivity contribution is 5.92. The molecule has 2 atom stereocenters. The second kappa shape index (κ2) is 13.2. The molecule has 2 unspecified atom stereocenters. The fourth-order valence-corrected chi connectivity index (χ4v) is 3.43. The summed E-state index contributed by atoms with van der Waals surface area (Å²) in [7, 11) is 0. The summed E-state index contributed by atoms with van der Waals surface area (Å²) in [6, 6.07) is 3.67. The zero-order valence-corrected chi connectivity index (χ0v) is 21.2. The zero-order valence-electron chi connectivity index (χ0n) is 21.2. The molecule has 0 aliphatic heterocycles. The number of hydrogen-bond donors (Lipinski definition) is 3. The van der Waals surface area contributed by atoms with Crippen LogP contribution in [0.5, 0.6) is 0 Å². The molecule has 3 N–H and O–H groups in total. The summed E-state index contributed by atoms with van der Waals surface area (Å²) in [5, 5.41) is 15.3. The molecule has 0 spiro atoms. The van der Waals surface area contributed by atoms with Crippen LogP contribution in [-0.4, -0.2) is 59.3 Å². The predicted octanol–water partition coefficient (Wildman–Crippen LogP) is 3.39. The summed E-state index contributed by atoms with van der Waals surface area (Å²) in [6.07, 6.45) is 1.55. The first kappa shape index (κ1) is 28.4. The van der Waals surface area contributed by atoms with Gasteiger partial charge in [0.25, 0.3) is 0 Å². The quantitative estimate of drug-likeness (QED) is 0.436. The summed E-state index contributed by atoms with van der Waals surface area (Å²) in [6.45, 7) is 13.1. The Hall–Kier alpha value is -2.61. The van der Waals surface area contributed by atoms with E-state index < -0.39 is 36.3 Å². The number of aryl methyl sites for hydroxylation is 2. The maximum atomic E-state index is 13.5. The summed E-state index contributed by atoms with van der Waals surface area (Å²) in [5.74, 6) is -0.824. The molecule has 8 nitrogen and oxygen atoms in total. The number of rotatable bonds is 11. The van der Waals surface area contributed by atoms with Crippen molar-refractivity contribution in [3.8, 4) is 0 Å². The number of carbonyl (C=O) groups excluding carboxylic acids is 3. The largest absolute Gasteiger partial charge is 0.444 e. The van der Waals surface area contributed by atoms with Crippen LogP contribution in [0.1, 0.15) is 76.6 Å². The molecule has 0 aliphatic carbocycles. The molecule has 0 saturated carbocycles. The van der Waals surface area contributed by atoms with Crippen molar-refractivity contribution in [2.24, 2.45) is 0 Å². The van der Waals surface area contributed by atoms with Gasteiger partial charge in [-0.2, -0.15) is 0 Å². The van der Waals surface area contributed by atoms with Gasteiger partial charge in [-0.1, -0.05) is 44.0 Å². The number of nitrogens with one attached hydrogen (secondary N) is 2. The van der Waals surface area contributed by atoms with E-state index in [1.807, 2.05) is 45.9 Å². The summed E-state index contributed by atoms with van der Waals surface area (Å²) in [5.41, 5.74) is 1.82. The number of amides is 3. The standard InChI is InChI=1S/C25H41N3O5/c1-8-10-13-26-22(30)21(19-15-17(3)11-12-18(19)4)28(14-9-2)23(31)20(16-29)27-24(32)33-25(5,6)7/h11-12,15,20-21,29H,8-10,13-14,16H2,1-7H3,(H,26,30)(H,27,32). The second-order valence-electron chi connectivity index (χ2n) is 9.32. The third-order valence-electron chi connectivity index (χ3n) is 5.04. The number of benzene rings is 1. The molecule has 0 radical (unpaired) electrons. The molecule has 0 saturated heterocycles. The Labute approximate surface area is 198 Å². The molecule has 0 aliphatic rings. The molecule has 0 fully saturated rings. The lowest BCUT2D eigenvalue weighted by Gasteiger charge is -2.34. The Morgan fingerprint density at radius 3 is 2.33 bits per heavy atom. The van der Waals surface area contributed by atoms with E-state index >= 15 is 0 Å². The highest BCUT2D eigenvalue weighted by Crippen LogP contribution is 2.27. The van der Waals surface area contributed by atoms with Crippen molar-refractivity contribution in [1.82, 2.24) is 15.5 Å². The Bertz CT molecular complexity index is 804. The van der Waals surface area contributed by atoms with Gasteiger partial charge in [-0.15, -0.1) is 0 Å². The number of nitrogens with zero attached hydrogens (tertiary/aromatic N) is 1. The van der Waals surface area contributed by atoms with E-state index in [0.717, 1.165) is 29.5 Å². The lowest BCUT2D eigenvalue weighted by Crippen LogP contribution is -2.54. The number of alkyl carbamates (subject to hydrolysis) is 1. The number of aliphatic hydroxyl groups is 1. The highest BCUT2D eigenvalue weighted by Gasteiger charge is 2.36. The second-order valence-corrected chi connectivity index (χ2v) is 9.32. The van der Waals surface area contributed by atoms with Crippen LogP contribution in [0, 0.1) is 13.8 Å². The minimum absolute atomic E-state index is 0.282. The van der Waals surface area contributed by atoms with Gasteiger partial charge in [0.2, 0.25) is 11.8 Å². The Morgan fingerprint density at radius 2 is 1.79 bits per heavy atom. The van der Waals surface area contributed by atoms with Crippen LogP contribution < -0.4 is 10.6 Å². The van der Waals surface area contributed by atoms with Gasteiger partial charge in [-0.3, -0.25) is 9.59 Å².